The Hall–Kier alpha value is -3.09. The monoisotopic (exact) mass is 471 g/mol. The zero-order valence-electron chi connectivity index (χ0n) is 20.2. The molecule has 182 valence electrons. The minimum absolute atomic E-state index is 0.288. The predicted molar refractivity (Wildman–Crippen MR) is 136 cm³/mol. The van der Waals surface area contributed by atoms with Gasteiger partial charge >= 0.3 is 0 Å². The van der Waals surface area contributed by atoms with Crippen molar-refractivity contribution in [1.29, 1.82) is 0 Å². The van der Waals surface area contributed by atoms with Gasteiger partial charge in [-0.2, -0.15) is 0 Å². The maximum atomic E-state index is 13.1. The van der Waals surface area contributed by atoms with E-state index in [0.717, 1.165) is 57.3 Å². The first-order valence-electron chi connectivity index (χ1n) is 12.8. The Balaban J connectivity index is 1.01. The first kappa shape index (κ1) is 22.4. The van der Waals surface area contributed by atoms with Crippen LogP contribution in [0.3, 0.4) is 0 Å². The number of piperazine rings is 1. The van der Waals surface area contributed by atoms with E-state index in [4.69, 9.17) is 9.47 Å². The van der Waals surface area contributed by atoms with Crippen LogP contribution in [0.15, 0.2) is 60.7 Å². The molecular weight excluding hydrogens is 438 g/mol. The summed E-state index contributed by atoms with van der Waals surface area (Å²) in [6.45, 7) is 6.35. The smallest absolute Gasteiger partial charge is 0.231 e. The molecular formula is C29H33N3O3. The van der Waals surface area contributed by atoms with Gasteiger partial charge < -0.3 is 14.4 Å². The predicted octanol–water partition coefficient (Wildman–Crippen LogP) is 4.27. The molecule has 1 saturated heterocycles. The lowest BCUT2D eigenvalue weighted by Crippen LogP contribution is -2.48. The zero-order valence-corrected chi connectivity index (χ0v) is 20.2. The van der Waals surface area contributed by atoms with Crippen LogP contribution in [0.5, 0.6) is 11.5 Å². The van der Waals surface area contributed by atoms with Crippen LogP contribution in [-0.4, -0.2) is 66.2 Å². The van der Waals surface area contributed by atoms with Crippen molar-refractivity contribution in [2.75, 3.05) is 39.5 Å². The van der Waals surface area contributed by atoms with Crippen molar-refractivity contribution in [3.8, 4) is 11.5 Å². The molecule has 6 heteroatoms. The molecule has 0 radical (unpaired) electrons. The van der Waals surface area contributed by atoms with Crippen LogP contribution in [-0.2, 0) is 17.9 Å². The van der Waals surface area contributed by atoms with Gasteiger partial charge in [-0.05, 0) is 46.9 Å². The quantitative estimate of drug-likeness (QED) is 0.491. The Morgan fingerprint density at radius 1 is 0.914 bits per heavy atom. The summed E-state index contributed by atoms with van der Waals surface area (Å²) in [6.07, 6.45) is 3.10. The zero-order chi connectivity index (χ0) is 23.6. The summed E-state index contributed by atoms with van der Waals surface area (Å²) in [5.41, 5.74) is 2.59. The molecule has 2 heterocycles. The Morgan fingerprint density at radius 3 is 2.57 bits per heavy atom. The van der Waals surface area contributed by atoms with E-state index in [1.165, 1.54) is 34.7 Å². The van der Waals surface area contributed by atoms with E-state index in [0.29, 0.717) is 19.3 Å². The summed E-state index contributed by atoms with van der Waals surface area (Å²) >= 11 is 0. The molecule has 6 nitrogen and oxygen atoms in total. The number of benzene rings is 3. The number of hydrogen-bond acceptors (Lipinski definition) is 5. The second-order valence-electron chi connectivity index (χ2n) is 9.93. The van der Waals surface area contributed by atoms with Gasteiger partial charge in [0.2, 0.25) is 12.7 Å². The Kier molecular flexibility index (Phi) is 6.32. The highest BCUT2D eigenvalue weighted by atomic mass is 16.7. The van der Waals surface area contributed by atoms with Gasteiger partial charge in [0.25, 0.3) is 0 Å². The van der Waals surface area contributed by atoms with Gasteiger partial charge in [-0.15, -0.1) is 0 Å². The Morgan fingerprint density at radius 2 is 1.71 bits per heavy atom. The molecule has 1 saturated carbocycles. The molecule has 6 rings (SSSR count). The maximum absolute atomic E-state index is 13.1. The van der Waals surface area contributed by atoms with E-state index in [1.807, 2.05) is 6.07 Å². The molecule has 1 aliphatic carbocycles. The molecule has 0 atom stereocenters. The van der Waals surface area contributed by atoms with Gasteiger partial charge in [0.15, 0.2) is 11.5 Å². The molecule has 3 aliphatic rings. The standard InChI is InChI=1S/C29H33N3O3/c33-29(31-16-14-30(15-17-31)19-22-8-11-27-28(18-22)35-21-34-27)12-13-32(25-9-10-25)20-24-6-3-5-23-4-1-2-7-26(23)24/h1-8,11,18,25H,9-10,12-17,19-21H2. The van der Waals surface area contributed by atoms with E-state index in [-0.39, 0.29) is 5.91 Å². The second-order valence-corrected chi connectivity index (χ2v) is 9.93. The number of hydrogen-bond donors (Lipinski definition) is 0. The first-order chi connectivity index (χ1) is 17.2. The lowest BCUT2D eigenvalue weighted by molar-refractivity contribution is -0.133. The van der Waals surface area contributed by atoms with Crippen molar-refractivity contribution in [2.24, 2.45) is 0 Å². The van der Waals surface area contributed by atoms with Crippen LogP contribution in [0, 0.1) is 0 Å². The van der Waals surface area contributed by atoms with Crippen LogP contribution in [0.25, 0.3) is 10.8 Å². The average Bonchev–Trinajstić information content (AvgIpc) is 3.64. The number of carbonyl (C=O) groups is 1. The first-order valence-corrected chi connectivity index (χ1v) is 12.8. The molecule has 35 heavy (non-hydrogen) atoms. The van der Waals surface area contributed by atoms with Crippen LogP contribution in [0.2, 0.25) is 0 Å². The molecule has 1 amide bonds. The average molecular weight is 472 g/mol. The molecule has 0 bridgehead atoms. The van der Waals surface area contributed by atoms with E-state index in [2.05, 4.69) is 69.3 Å². The van der Waals surface area contributed by atoms with Gasteiger partial charge in [-0.25, -0.2) is 0 Å². The third kappa shape index (κ3) is 5.14. The number of rotatable bonds is 8. The van der Waals surface area contributed by atoms with Crippen LogP contribution < -0.4 is 9.47 Å². The maximum Gasteiger partial charge on any atom is 0.231 e. The molecule has 0 unspecified atom stereocenters. The molecule has 0 N–H and O–H groups in total. The van der Waals surface area contributed by atoms with Crippen molar-refractivity contribution in [3.05, 3.63) is 71.8 Å². The minimum Gasteiger partial charge on any atom is -0.454 e. The highest BCUT2D eigenvalue weighted by Gasteiger charge is 2.30. The molecule has 0 aromatic heterocycles. The highest BCUT2D eigenvalue weighted by molar-refractivity contribution is 5.85. The van der Waals surface area contributed by atoms with Crippen LogP contribution in [0.1, 0.15) is 30.4 Å². The van der Waals surface area contributed by atoms with E-state index < -0.39 is 0 Å². The topological polar surface area (TPSA) is 45.3 Å². The van der Waals surface area contributed by atoms with E-state index >= 15 is 0 Å². The Bertz CT molecular complexity index is 1200. The van der Waals surface area contributed by atoms with Gasteiger partial charge in [0.05, 0.1) is 0 Å². The van der Waals surface area contributed by atoms with Crippen molar-refractivity contribution < 1.29 is 14.3 Å². The van der Waals surface area contributed by atoms with Gasteiger partial charge in [0.1, 0.15) is 0 Å². The summed E-state index contributed by atoms with van der Waals surface area (Å²) in [7, 11) is 0. The Labute approximate surface area is 207 Å². The number of carbonyl (C=O) groups excluding carboxylic acids is 1. The largest absolute Gasteiger partial charge is 0.454 e. The SMILES string of the molecule is O=C(CCN(Cc1cccc2ccccc12)C1CC1)N1CCN(Cc2ccc3c(c2)OCO3)CC1. The highest BCUT2D eigenvalue weighted by Crippen LogP contribution is 2.33. The van der Waals surface area contributed by atoms with Crippen LogP contribution >= 0.6 is 0 Å². The molecule has 3 aromatic rings. The lowest BCUT2D eigenvalue weighted by atomic mass is 10.0. The summed E-state index contributed by atoms with van der Waals surface area (Å²) in [4.78, 5) is 20.0. The minimum atomic E-state index is 0.288. The second kappa shape index (κ2) is 9.88. The number of ether oxygens (including phenoxy) is 2. The van der Waals surface area contributed by atoms with Crippen molar-refractivity contribution in [2.45, 2.75) is 38.4 Å². The molecule has 0 spiro atoms. The molecule has 3 aromatic carbocycles. The third-order valence-corrected chi connectivity index (χ3v) is 7.50. The van der Waals surface area contributed by atoms with Crippen molar-refractivity contribution in [1.82, 2.24) is 14.7 Å². The summed E-state index contributed by atoms with van der Waals surface area (Å²) < 4.78 is 10.9. The van der Waals surface area contributed by atoms with Gasteiger partial charge in [-0.1, -0.05) is 48.5 Å². The number of fused-ring (bicyclic) bond motifs is 2. The fourth-order valence-corrected chi connectivity index (χ4v) is 5.33. The molecule has 2 fully saturated rings. The summed E-state index contributed by atoms with van der Waals surface area (Å²) in [5.74, 6) is 1.95. The van der Waals surface area contributed by atoms with Gasteiger partial charge in [-0.3, -0.25) is 14.6 Å². The van der Waals surface area contributed by atoms with Crippen molar-refractivity contribution >= 4 is 16.7 Å². The van der Waals surface area contributed by atoms with Crippen LogP contribution in [0.4, 0.5) is 0 Å². The number of nitrogens with zero attached hydrogens (tertiary/aromatic N) is 3. The third-order valence-electron chi connectivity index (χ3n) is 7.50. The van der Waals surface area contributed by atoms with E-state index in [1.54, 1.807) is 0 Å². The fourth-order valence-electron chi connectivity index (χ4n) is 5.33. The normalized spacial score (nSPS) is 17.9. The van der Waals surface area contributed by atoms with E-state index in [9.17, 15) is 4.79 Å². The molecule has 2 aliphatic heterocycles. The van der Waals surface area contributed by atoms with Crippen molar-refractivity contribution in [3.63, 3.8) is 0 Å². The summed E-state index contributed by atoms with van der Waals surface area (Å²) in [6, 6.07) is 21.9. The van der Waals surface area contributed by atoms with Gasteiger partial charge in [0, 0.05) is 58.3 Å². The number of amides is 1. The fraction of sp³-hybridized carbons (Fsp3) is 0.414. The lowest BCUT2D eigenvalue weighted by Gasteiger charge is -2.35. The summed E-state index contributed by atoms with van der Waals surface area (Å²) in [5, 5.41) is 2.61.